The summed E-state index contributed by atoms with van der Waals surface area (Å²) < 4.78 is 12.0. The zero-order valence-electron chi connectivity index (χ0n) is 11.9. The van der Waals surface area contributed by atoms with Crippen LogP contribution in [-0.2, 0) is 11.3 Å². The molecule has 22 heavy (non-hydrogen) atoms. The lowest BCUT2D eigenvalue weighted by molar-refractivity contribution is -0.116. The molecular weight excluding hydrogens is 306 g/mol. The van der Waals surface area contributed by atoms with Crippen molar-refractivity contribution in [2.24, 2.45) is 0 Å². The van der Waals surface area contributed by atoms with Crippen molar-refractivity contribution in [2.75, 3.05) is 17.8 Å². The van der Waals surface area contributed by atoms with E-state index in [1.54, 1.807) is 22.1 Å². The van der Waals surface area contributed by atoms with Gasteiger partial charge in [0.25, 0.3) is 0 Å². The average molecular weight is 321 g/mol. The Labute approximate surface area is 130 Å². The van der Waals surface area contributed by atoms with Crippen molar-refractivity contribution in [1.29, 1.82) is 0 Å². The van der Waals surface area contributed by atoms with E-state index in [4.69, 9.17) is 15.2 Å². The number of ether oxygens (including phenoxy) is 2. The molecule has 1 aliphatic rings. The molecule has 1 amide bonds. The second-order valence-electron chi connectivity index (χ2n) is 4.89. The number of fused-ring (bicyclic) bond motifs is 1. The quantitative estimate of drug-likeness (QED) is 0.833. The van der Waals surface area contributed by atoms with Crippen LogP contribution in [0.15, 0.2) is 22.3 Å². The molecule has 0 bridgehead atoms. The monoisotopic (exact) mass is 321 g/mol. The zero-order valence-corrected chi connectivity index (χ0v) is 12.7. The first-order valence-electron chi connectivity index (χ1n) is 6.68. The average Bonchev–Trinajstić information content (AvgIpc) is 3.04. The SMILES string of the molecule is Cc1csc(=O)n1CCC(=O)Nc1cc2c(cc1N)OCO2. The Morgan fingerprint density at radius 3 is 2.82 bits per heavy atom. The summed E-state index contributed by atoms with van der Waals surface area (Å²) in [6.07, 6.45) is 0.186. The maximum Gasteiger partial charge on any atom is 0.307 e. The van der Waals surface area contributed by atoms with Gasteiger partial charge in [-0.25, -0.2) is 0 Å². The molecule has 1 aliphatic heterocycles. The van der Waals surface area contributed by atoms with Crippen LogP contribution >= 0.6 is 11.3 Å². The maximum absolute atomic E-state index is 12.0. The van der Waals surface area contributed by atoms with Crippen LogP contribution in [0, 0.1) is 6.92 Å². The lowest BCUT2D eigenvalue weighted by Gasteiger charge is -2.10. The molecule has 2 aromatic rings. The van der Waals surface area contributed by atoms with E-state index < -0.39 is 0 Å². The van der Waals surface area contributed by atoms with Gasteiger partial charge in [-0.15, -0.1) is 0 Å². The lowest BCUT2D eigenvalue weighted by atomic mass is 10.2. The number of carbonyl (C=O) groups excluding carboxylic acids is 1. The predicted molar refractivity (Wildman–Crippen MR) is 83.5 cm³/mol. The van der Waals surface area contributed by atoms with E-state index in [1.165, 1.54) is 0 Å². The number of nitrogens with two attached hydrogens (primary N) is 1. The molecule has 0 unspecified atom stereocenters. The van der Waals surface area contributed by atoms with Crippen molar-refractivity contribution in [1.82, 2.24) is 4.57 Å². The molecule has 0 saturated carbocycles. The highest BCUT2D eigenvalue weighted by atomic mass is 32.1. The molecule has 0 spiro atoms. The predicted octanol–water partition coefficient (Wildman–Crippen LogP) is 1.56. The first-order valence-corrected chi connectivity index (χ1v) is 7.56. The number of hydrogen-bond donors (Lipinski definition) is 2. The van der Waals surface area contributed by atoms with Gasteiger partial charge in [-0.1, -0.05) is 11.3 Å². The van der Waals surface area contributed by atoms with Crippen LogP contribution in [0.2, 0.25) is 0 Å². The number of benzene rings is 1. The molecule has 7 nitrogen and oxygen atoms in total. The first kappa shape index (κ1) is 14.5. The number of nitrogens with one attached hydrogen (secondary N) is 1. The summed E-state index contributed by atoms with van der Waals surface area (Å²) in [5, 5.41) is 4.50. The van der Waals surface area contributed by atoms with Crippen LogP contribution in [0.1, 0.15) is 12.1 Å². The highest BCUT2D eigenvalue weighted by Crippen LogP contribution is 2.38. The summed E-state index contributed by atoms with van der Waals surface area (Å²) in [6.45, 7) is 2.32. The van der Waals surface area contributed by atoms with E-state index >= 15 is 0 Å². The molecule has 0 fully saturated rings. The van der Waals surface area contributed by atoms with Gasteiger partial charge in [-0.3, -0.25) is 9.59 Å². The summed E-state index contributed by atoms with van der Waals surface area (Å²) in [4.78, 5) is 23.6. The van der Waals surface area contributed by atoms with Crippen LogP contribution in [0.3, 0.4) is 0 Å². The second-order valence-corrected chi connectivity index (χ2v) is 5.71. The van der Waals surface area contributed by atoms with Crippen molar-refractivity contribution >= 4 is 28.6 Å². The highest BCUT2D eigenvalue weighted by Gasteiger charge is 2.17. The fourth-order valence-electron chi connectivity index (χ4n) is 2.17. The molecular formula is C14H15N3O4S. The van der Waals surface area contributed by atoms with E-state index in [2.05, 4.69) is 5.32 Å². The number of rotatable bonds is 4. The minimum Gasteiger partial charge on any atom is -0.454 e. The lowest BCUT2D eigenvalue weighted by Crippen LogP contribution is -2.20. The van der Waals surface area contributed by atoms with Gasteiger partial charge in [0.05, 0.1) is 11.4 Å². The molecule has 8 heteroatoms. The molecule has 0 aliphatic carbocycles. The Kier molecular flexibility index (Phi) is 3.76. The Hall–Kier alpha value is -2.48. The third kappa shape index (κ3) is 2.77. The molecule has 0 radical (unpaired) electrons. The third-order valence-electron chi connectivity index (χ3n) is 3.36. The minimum absolute atomic E-state index is 0.0621. The molecule has 3 N–H and O–H groups in total. The number of thiazole rings is 1. The number of aryl methyl sites for hydroxylation is 1. The van der Waals surface area contributed by atoms with Gasteiger partial charge >= 0.3 is 4.87 Å². The van der Waals surface area contributed by atoms with E-state index in [0.29, 0.717) is 29.4 Å². The van der Waals surface area contributed by atoms with E-state index in [0.717, 1.165) is 17.0 Å². The van der Waals surface area contributed by atoms with Crippen molar-refractivity contribution in [2.45, 2.75) is 19.9 Å². The molecule has 1 aromatic carbocycles. The fraction of sp³-hybridized carbons (Fsp3) is 0.286. The Bertz CT molecular complexity index is 781. The van der Waals surface area contributed by atoms with Gasteiger partial charge in [0, 0.05) is 36.2 Å². The van der Waals surface area contributed by atoms with Crippen molar-refractivity contribution in [3.8, 4) is 11.5 Å². The standard InChI is InChI=1S/C14H15N3O4S/c1-8-6-22-14(19)17(8)3-2-13(18)16-10-5-12-11(4-9(10)15)20-7-21-12/h4-6H,2-3,7,15H2,1H3,(H,16,18). The van der Waals surface area contributed by atoms with Crippen LogP contribution in [0.4, 0.5) is 11.4 Å². The van der Waals surface area contributed by atoms with E-state index in [-0.39, 0.29) is 24.0 Å². The molecule has 0 atom stereocenters. The van der Waals surface area contributed by atoms with Crippen LogP contribution in [-0.4, -0.2) is 17.3 Å². The fourth-order valence-corrected chi connectivity index (χ4v) is 2.93. The molecule has 116 valence electrons. The van der Waals surface area contributed by atoms with Crippen LogP contribution in [0.5, 0.6) is 11.5 Å². The number of nitrogens with zero attached hydrogens (tertiary/aromatic N) is 1. The van der Waals surface area contributed by atoms with Gasteiger partial charge in [-0.05, 0) is 6.92 Å². The van der Waals surface area contributed by atoms with E-state index in [1.807, 2.05) is 6.92 Å². The Balaban J connectivity index is 1.66. The number of carbonyl (C=O) groups is 1. The number of nitrogen functional groups attached to an aromatic ring is 1. The van der Waals surface area contributed by atoms with E-state index in [9.17, 15) is 9.59 Å². The second kappa shape index (κ2) is 5.72. The van der Waals surface area contributed by atoms with Gasteiger partial charge in [-0.2, -0.15) is 0 Å². The summed E-state index contributed by atoms with van der Waals surface area (Å²) in [5.41, 5.74) is 7.61. The summed E-state index contributed by atoms with van der Waals surface area (Å²) >= 11 is 1.13. The summed E-state index contributed by atoms with van der Waals surface area (Å²) in [5.74, 6) is 0.897. The van der Waals surface area contributed by atoms with Gasteiger partial charge in [0.2, 0.25) is 12.7 Å². The molecule has 2 heterocycles. The maximum atomic E-state index is 12.0. The highest BCUT2D eigenvalue weighted by molar-refractivity contribution is 7.07. The topological polar surface area (TPSA) is 95.6 Å². The Morgan fingerprint density at radius 2 is 2.14 bits per heavy atom. The van der Waals surface area contributed by atoms with Crippen LogP contribution < -0.4 is 25.4 Å². The number of amides is 1. The first-order chi connectivity index (χ1) is 10.5. The van der Waals surface area contributed by atoms with Crippen molar-refractivity contribution in [3.05, 3.63) is 32.9 Å². The third-order valence-corrected chi connectivity index (χ3v) is 4.24. The number of hydrogen-bond acceptors (Lipinski definition) is 6. The molecule has 0 saturated heterocycles. The van der Waals surface area contributed by atoms with Crippen molar-refractivity contribution < 1.29 is 14.3 Å². The number of aromatic nitrogens is 1. The molecule has 1 aromatic heterocycles. The summed E-state index contributed by atoms with van der Waals surface area (Å²) in [7, 11) is 0. The zero-order chi connectivity index (χ0) is 15.7. The largest absolute Gasteiger partial charge is 0.454 e. The Morgan fingerprint density at radius 1 is 1.41 bits per heavy atom. The van der Waals surface area contributed by atoms with Crippen LogP contribution in [0.25, 0.3) is 0 Å². The minimum atomic E-state index is -0.219. The summed E-state index contributed by atoms with van der Waals surface area (Å²) in [6, 6.07) is 3.25. The van der Waals surface area contributed by atoms with Gasteiger partial charge in [0.1, 0.15) is 0 Å². The normalized spacial score (nSPS) is 12.4. The van der Waals surface area contributed by atoms with Gasteiger partial charge in [0.15, 0.2) is 11.5 Å². The number of anilines is 2. The molecule has 3 rings (SSSR count). The van der Waals surface area contributed by atoms with Gasteiger partial charge < -0.3 is 25.1 Å². The smallest absolute Gasteiger partial charge is 0.307 e. The van der Waals surface area contributed by atoms with Crippen molar-refractivity contribution in [3.63, 3.8) is 0 Å².